The third-order valence-corrected chi connectivity index (χ3v) is 1.39. The van der Waals surface area contributed by atoms with Crippen molar-refractivity contribution in [2.45, 2.75) is 32.0 Å². The monoisotopic (exact) mass is 177 g/mol. The molecule has 0 spiro atoms. The molecular formula is C7H12FNO3. The Morgan fingerprint density at radius 2 is 2.33 bits per heavy atom. The summed E-state index contributed by atoms with van der Waals surface area (Å²) >= 11 is 0. The van der Waals surface area contributed by atoms with E-state index in [2.05, 4.69) is 4.74 Å². The molecule has 0 aliphatic carbocycles. The third-order valence-electron chi connectivity index (χ3n) is 1.39. The maximum Gasteiger partial charge on any atom is 0.349 e. The summed E-state index contributed by atoms with van der Waals surface area (Å²) in [6.45, 7) is 1.71. The van der Waals surface area contributed by atoms with Crippen LogP contribution in [0.3, 0.4) is 0 Å². The van der Waals surface area contributed by atoms with Crippen LogP contribution < -0.4 is 5.73 Å². The molecule has 4 nitrogen and oxygen atoms in total. The molecule has 0 aromatic rings. The van der Waals surface area contributed by atoms with E-state index in [1.807, 2.05) is 6.92 Å². The van der Waals surface area contributed by atoms with Gasteiger partial charge in [0.15, 0.2) is 0 Å². The second kappa shape index (κ2) is 5.65. The summed E-state index contributed by atoms with van der Waals surface area (Å²) in [5, 5.41) is 0. The molecule has 0 aromatic carbocycles. The van der Waals surface area contributed by atoms with Crippen LogP contribution in [0.1, 0.15) is 19.8 Å². The van der Waals surface area contributed by atoms with Gasteiger partial charge in [0.25, 0.3) is 0 Å². The molecule has 0 aliphatic rings. The summed E-state index contributed by atoms with van der Waals surface area (Å²) in [5.41, 5.74) is 5.27. The van der Waals surface area contributed by atoms with Crippen LogP contribution >= 0.6 is 0 Å². The Labute approximate surface area is 69.9 Å². The van der Waals surface area contributed by atoms with Crippen molar-refractivity contribution in [3.8, 4) is 0 Å². The van der Waals surface area contributed by atoms with E-state index in [0.29, 0.717) is 12.8 Å². The maximum absolute atomic E-state index is 12.8. The maximum atomic E-state index is 12.8. The molecule has 2 atom stereocenters. The minimum atomic E-state index is -1.91. The zero-order chi connectivity index (χ0) is 9.56. The first-order chi connectivity index (χ1) is 5.63. The lowest BCUT2D eigenvalue weighted by Crippen LogP contribution is -2.38. The minimum Gasteiger partial charge on any atom is -0.393 e. The van der Waals surface area contributed by atoms with Gasteiger partial charge in [-0.25, -0.2) is 9.18 Å². The van der Waals surface area contributed by atoms with Crippen LogP contribution in [0.5, 0.6) is 0 Å². The van der Waals surface area contributed by atoms with Gasteiger partial charge >= 0.3 is 12.4 Å². The predicted octanol–water partition coefficient (Wildman–Crippen LogP) is 0.152. The lowest BCUT2D eigenvalue weighted by Gasteiger charge is -2.12. The fourth-order valence-corrected chi connectivity index (χ4v) is 0.767. The molecule has 0 radical (unpaired) electrons. The molecule has 0 aliphatic heterocycles. The largest absolute Gasteiger partial charge is 0.393 e. The van der Waals surface area contributed by atoms with Crippen molar-refractivity contribution in [1.29, 1.82) is 0 Å². The van der Waals surface area contributed by atoms with Gasteiger partial charge in [-0.1, -0.05) is 13.3 Å². The van der Waals surface area contributed by atoms with E-state index in [4.69, 9.17) is 5.73 Å². The molecule has 0 bridgehead atoms. The Morgan fingerprint density at radius 1 is 1.75 bits per heavy atom. The number of nitrogens with two attached hydrogens (primary N) is 1. The molecule has 2 N–H and O–H groups in total. The number of carbonyl (C=O) groups is 2. The summed E-state index contributed by atoms with van der Waals surface area (Å²) in [5.74, 6) is -1.22. The van der Waals surface area contributed by atoms with Gasteiger partial charge in [0, 0.05) is 6.04 Å². The molecule has 0 saturated heterocycles. The Morgan fingerprint density at radius 3 is 2.75 bits per heavy atom. The van der Waals surface area contributed by atoms with Gasteiger partial charge in [-0.15, -0.1) is 0 Å². The molecule has 0 heterocycles. The fourth-order valence-electron chi connectivity index (χ4n) is 0.767. The second-order valence-corrected chi connectivity index (χ2v) is 2.39. The molecule has 5 heteroatoms. The summed E-state index contributed by atoms with van der Waals surface area (Å²) in [6.07, 6.45) is -0.847. The number of carbonyl (C=O) groups excluding carboxylic acids is 2. The standard InChI is InChI=1S/C7H12FNO3/c1-2-3-5(9)6(8)7(11)12-4-10/h4-6H,2-3,9H2,1H3. The lowest BCUT2D eigenvalue weighted by molar-refractivity contribution is -0.156. The highest BCUT2D eigenvalue weighted by Crippen LogP contribution is 2.04. The first-order valence-electron chi connectivity index (χ1n) is 3.67. The first-order valence-corrected chi connectivity index (χ1v) is 3.67. The fraction of sp³-hybridized carbons (Fsp3) is 0.714. The van der Waals surface area contributed by atoms with Gasteiger partial charge in [-0.3, -0.25) is 4.79 Å². The van der Waals surface area contributed by atoms with Crippen LogP contribution in [0.15, 0.2) is 0 Å². The average Bonchev–Trinajstić information content (AvgIpc) is 2.04. The van der Waals surface area contributed by atoms with Crippen LogP contribution in [0, 0.1) is 0 Å². The van der Waals surface area contributed by atoms with Crippen molar-refractivity contribution < 1.29 is 18.7 Å². The normalized spacial score (nSPS) is 14.9. The number of hydrogen-bond donors (Lipinski definition) is 1. The van der Waals surface area contributed by atoms with Crippen molar-refractivity contribution in [2.24, 2.45) is 5.73 Å². The summed E-state index contributed by atoms with van der Waals surface area (Å²) < 4.78 is 16.6. The van der Waals surface area contributed by atoms with Gasteiger partial charge < -0.3 is 10.5 Å². The molecule has 70 valence electrons. The summed E-state index contributed by atoms with van der Waals surface area (Å²) in [4.78, 5) is 20.2. The smallest absolute Gasteiger partial charge is 0.349 e. The quantitative estimate of drug-likeness (QED) is 0.368. The van der Waals surface area contributed by atoms with Crippen LogP contribution in [0.2, 0.25) is 0 Å². The van der Waals surface area contributed by atoms with Crippen molar-refractivity contribution >= 4 is 12.4 Å². The van der Waals surface area contributed by atoms with E-state index in [1.54, 1.807) is 0 Å². The van der Waals surface area contributed by atoms with E-state index in [0.717, 1.165) is 0 Å². The second-order valence-electron chi connectivity index (χ2n) is 2.39. The zero-order valence-electron chi connectivity index (χ0n) is 6.83. The van der Waals surface area contributed by atoms with Crippen molar-refractivity contribution in [1.82, 2.24) is 0 Å². The van der Waals surface area contributed by atoms with Crippen molar-refractivity contribution in [3.05, 3.63) is 0 Å². The van der Waals surface area contributed by atoms with Gasteiger partial charge in [0.2, 0.25) is 6.17 Å². The highest BCUT2D eigenvalue weighted by Gasteiger charge is 2.25. The van der Waals surface area contributed by atoms with E-state index in [9.17, 15) is 14.0 Å². The van der Waals surface area contributed by atoms with E-state index in [-0.39, 0.29) is 6.47 Å². The third kappa shape index (κ3) is 3.43. The molecule has 0 fully saturated rings. The van der Waals surface area contributed by atoms with Gasteiger partial charge in [0.05, 0.1) is 0 Å². The van der Waals surface area contributed by atoms with Crippen LogP contribution in [-0.2, 0) is 14.3 Å². The van der Waals surface area contributed by atoms with Crippen LogP contribution in [-0.4, -0.2) is 24.7 Å². The Bertz CT molecular complexity index is 163. The zero-order valence-corrected chi connectivity index (χ0v) is 6.83. The summed E-state index contributed by atoms with van der Waals surface area (Å²) in [7, 11) is 0. The van der Waals surface area contributed by atoms with Gasteiger partial charge in [0.1, 0.15) is 0 Å². The Balaban J connectivity index is 3.90. The van der Waals surface area contributed by atoms with Gasteiger partial charge in [-0.2, -0.15) is 0 Å². The minimum absolute atomic E-state index is 0.104. The number of alkyl halides is 1. The van der Waals surface area contributed by atoms with E-state index in [1.165, 1.54) is 0 Å². The molecular weight excluding hydrogens is 165 g/mol. The molecule has 0 rings (SSSR count). The number of ether oxygens (including phenoxy) is 1. The Hall–Kier alpha value is -0.970. The average molecular weight is 177 g/mol. The SMILES string of the molecule is CCCC(N)C(F)C(=O)OC=O. The van der Waals surface area contributed by atoms with E-state index < -0.39 is 18.2 Å². The van der Waals surface area contributed by atoms with E-state index >= 15 is 0 Å². The van der Waals surface area contributed by atoms with Crippen molar-refractivity contribution in [2.75, 3.05) is 0 Å². The molecule has 0 amide bonds. The van der Waals surface area contributed by atoms with Crippen LogP contribution in [0.25, 0.3) is 0 Å². The first kappa shape index (κ1) is 11.0. The number of esters is 1. The Kier molecular flexibility index (Phi) is 5.19. The molecule has 2 unspecified atom stereocenters. The predicted molar refractivity (Wildman–Crippen MR) is 39.9 cm³/mol. The molecule has 0 aromatic heterocycles. The molecule has 12 heavy (non-hydrogen) atoms. The topological polar surface area (TPSA) is 69.4 Å². The number of hydrogen-bond acceptors (Lipinski definition) is 4. The highest BCUT2D eigenvalue weighted by molar-refractivity contribution is 5.81. The van der Waals surface area contributed by atoms with Crippen LogP contribution in [0.4, 0.5) is 4.39 Å². The van der Waals surface area contributed by atoms with Gasteiger partial charge in [-0.05, 0) is 6.42 Å². The number of halogens is 1. The molecule has 0 saturated carbocycles. The number of rotatable bonds is 5. The lowest BCUT2D eigenvalue weighted by atomic mass is 10.1. The highest BCUT2D eigenvalue weighted by atomic mass is 19.1. The summed E-state index contributed by atoms with van der Waals surface area (Å²) in [6, 6.07) is -0.887. The van der Waals surface area contributed by atoms with Crippen molar-refractivity contribution in [3.63, 3.8) is 0 Å².